The third-order valence-electron chi connectivity index (χ3n) is 4.89. The average Bonchev–Trinajstić information content (AvgIpc) is 3.19. The van der Waals surface area contributed by atoms with E-state index in [2.05, 4.69) is 20.2 Å². The molecule has 0 saturated carbocycles. The molecule has 0 bridgehead atoms. The van der Waals surface area contributed by atoms with E-state index in [1.165, 1.54) is 12.4 Å². The molecule has 3 heterocycles. The van der Waals surface area contributed by atoms with Crippen LogP contribution in [0.2, 0.25) is 0 Å². The molecule has 28 heavy (non-hydrogen) atoms. The molecule has 1 fully saturated rings. The largest absolute Gasteiger partial charge is 0.495 e. The Kier molecular flexibility index (Phi) is 4.92. The van der Waals surface area contributed by atoms with E-state index in [9.17, 15) is 4.79 Å². The molecule has 1 saturated heterocycles. The van der Waals surface area contributed by atoms with Crippen LogP contribution in [0.15, 0.2) is 53.7 Å². The first-order chi connectivity index (χ1) is 13.7. The van der Waals surface area contributed by atoms with Gasteiger partial charge in [0.15, 0.2) is 0 Å². The lowest BCUT2D eigenvalue weighted by molar-refractivity contribution is 0.416. The Hall–Kier alpha value is -3.42. The minimum absolute atomic E-state index is 0.111. The second-order valence-corrected chi connectivity index (χ2v) is 6.71. The van der Waals surface area contributed by atoms with Crippen molar-refractivity contribution < 1.29 is 4.74 Å². The highest BCUT2D eigenvalue weighted by molar-refractivity contribution is 5.58. The highest BCUT2D eigenvalue weighted by Gasteiger charge is 2.26. The van der Waals surface area contributed by atoms with E-state index in [0.717, 1.165) is 30.9 Å². The van der Waals surface area contributed by atoms with Crippen molar-refractivity contribution in [3.8, 4) is 17.1 Å². The Morgan fingerprint density at radius 1 is 1.21 bits per heavy atom. The molecule has 8 heteroatoms. The molecule has 1 aromatic carbocycles. The topological polar surface area (TPSA) is 85.2 Å². The molecule has 1 aliphatic rings. The first-order valence-corrected chi connectivity index (χ1v) is 9.14. The quantitative estimate of drug-likeness (QED) is 0.726. The predicted molar refractivity (Wildman–Crippen MR) is 108 cm³/mol. The zero-order valence-electron chi connectivity index (χ0n) is 15.9. The van der Waals surface area contributed by atoms with Gasteiger partial charge in [-0.1, -0.05) is 12.1 Å². The van der Waals surface area contributed by atoms with E-state index in [1.807, 2.05) is 24.3 Å². The van der Waals surface area contributed by atoms with Crippen molar-refractivity contribution >= 4 is 11.6 Å². The van der Waals surface area contributed by atoms with Gasteiger partial charge in [-0.2, -0.15) is 0 Å². The van der Waals surface area contributed by atoms with E-state index in [-0.39, 0.29) is 11.6 Å². The maximum atomic E-state index is 12.5. The molecular weight excluding hydrogens is 356 g/mol. The summed E-state index contributed by atoms with van der Waals surface area (Å²) < 4.78 is 7.00. The number of methoxy groups -OCH3 is 1. The molecule has 0 spiro atoms. The van der Waals surface area contributed by atoms with Gasteiger partial charge in [-0.3, -0.25) is 9.36 Å². The number of rotatable bonds is 5. The van der Waals surface area contributed by atoms with Gasteiger partial charge in [0.05, 0.1) is 24.2 Å². The van der Waals surface area contributed by atoms with Gasteiger partial charge in [-0.05, 0) is 24.6 Å². The van der Waals surface area contributed by atoms with Gasteiger partial charge in [0.1, 0.15) is 12.1 Å². The van der Waals surface area contributed by atoms with Crippen molar-refractivity contribution in [1.29, 1.82) is 0 Å². The van der Waals surface area contributed by atoms with Gasteiger partial charge in [-0.25, -0.2) is 15.0 Å². The Morgan fingerprint density at radius 3 is 2.86 bits per heavy atom. The molecule has 1 atom stereocenters. The van der Waals surface area contributed by atoms with Gasteiger partial charge < -0.3 is 15.0 Å². The number of nitrogens with one attached hydrogen (secondary N) is 1. The van der Waals surface area contributed by atoms with Crippen LogP contribution in [0.1, 0.15) is 6.42 Å². The lowest BCUT2D eigenvalue weighted by atomic mass is 10.2. The van der Waals surface area contributed by atoms with Crippen molar-refractivity contribution in [2.45, 2.75) is 12.5 Å². The van der Waals surface area contributed by atoms with Crippen molar-refractivity contribution in [1.82, 2.24) is 19.5 Å². The number of nitrogens with zero attached hydrogens (tertiary/aromatic N) is 5. The summed E-state index contributed by atoms with van der Waals surface area (Å²) in [6.07, 6.45) is 4.03. The number of para-hydroxylation sites is 2. The zero-order valence-corrected chi connectivity index (χ0v) is 15.9. The van der Waals surface area contributed by atoms with Crippen LogP contribution in [-0.4, -0.2) is 45.8 Å². The zero-order chi connectivity index (χ0) is 19.5. The summed E-state index contributed by atoms with van der Waals surface area (Å²) in [6, 6.07) is 11.4. The molecule has 3 aromatic rings. The number of hydrogen-bond acceptors (Lipinski definition) is 7. The van der Waals surface area contributed by atoms with Crippen LogP contribution < -0.4 is 20.5 Å². The maximum absolute atomic E-state index is 12.5. The first kappa shape index (κ1) is 18.0. The molecule has 144 valence electrons. The second kappa shape index (κ2) is 7.67. The van der Waals surface area contributed by atoms with Crippen molar-refractivity contribution in [2.75, 3.05) is 30.4 Å². The highest BCUT2D eigenvalue weighted by Crippen LogP contribution is 2.27. The standard InChI is InChI=1S/C20H22N6O2/c1-25-19(27)11-17(15-7-9-21-13-22-15)24-20(25)26-10-8-14(12-26)23-16-5-3-4-6-18(16)28-2/h3-7,9,11,13-14,23H,8,10,12H2,1-2H3/t14-/m0/s1. The smallest absolute Gasteiger partial charge is 0.255 e. The van der Waals surface area contributed by atoms with Crippen molar-refractivity contribution in [3.63, 3.8) is 0 Å². The average molecular weight is 378 g/mol. The molecule has 0 aliphatic carbocycles. The van der Waals surface area contributed by atoms with Crippen LogP contribution in [0.3, 0.4) is 0 Å². The fraction of sp³-hybridized carbons (Fsp3) is 0.300. The molecule has 8 nitrogen and oxygen atoms in total. The van der Waals surface area contributed by atoms with Crippen LogP contribution in [0, 0.1) is 0 Å². The number of benzene rings is 1. The van der Waals surface area contributed by atoms with E-state index in [1.54, 1.807) is 31.0 Å². The van der Waals surface area contributed by atoms with Gasteiger partial charge in [0, 0.05) is 38.4 Å². The number of hydrogen-bond donors (Lipinski definition) is 1. The van der Waals surface area contributed by atoms with E-state index in [4.69, 9.17) is 9.72 Å². The molecule has 2 aromatic heterocycles. The summed E-state index contributed by atoms with van der Waals surface area (Å²) in [5.74, 6) is 1.46. The van der Waals surface area contributed by atoms with Gasteiger partial charge in [0.25, 0.3) is 5.56 Å². The number of aromatic nitrogens is 4. The van der Waals surface area contributed by atoms with Crippen molar-refractivity contribution in [2.24, 2.45) is 7.05 Å². The van der Waals surface area contributed by atoms with Crippen molar-refractivity contribution in [3.05, 3.63) is 59.3 Å². The molecule has 1 N–H and O–H groups in total. The molecule has 0 unspecified atom stereocenters. The summed E-state index contributed by atoms with van der Waals surface area (Å²) in [5, 5.41) is 3.54. The molecule has 4 rings (SSSR count). The van der Waals surface area contributed by atoms with Crippen LogP contribution in [-0.2, 0) is 7.05 Å². The normalized spacial score (nSPS) is 16.2. The number of ether oxygens (including phenoxy) is 1. The SMILES string of the molecule is COc1ccccc1N[C@H]1CCN(c2nc(-c3ccncn3)cc(=O)n2C)C1. The van der Waals surface area contributed by atoms with Crippen LogP contribution in [0.5, 0.6) is 5.75 Å². The van der Waals surface area contributed by atoms with Crippen LogP contribution in [0.25, 0.3) is 11.4 Å². The van der Waals surface area contributed by atoms with Gasteiger partial charge in [-0.15, -0.1) is 0 Å². The van der Waals surface area contributed by atoms with E-state index >= 15 is 0 Å². The summed E-state index contributed by atoms with van der Waals surface area (Å²) in [4.78, 5) is 27.4. The summed E-state index contributed by atoms with van der Waals surface area (Å²) in [6.45, 7) is 1.55. The Balaban J connectivity index is 1.57. The molecule has 1 aliphatic heterocycles. The Labute approximate surface area is 162 Å². The van der Waals surface area contributed by atoms with Gasteiger partial charge in [0.2, 0.25) is 5.95 Å². The number of anilines is 2. The van der Waals surface area contributed by atoms with E-state index in [0.29, 0.717) is 17.3 Å². The van der Waals surface area contributed by atoms with Gasteiger partial charge >= 0.3 is 0 Å². The second-order valence-electron chi connectivity index (χ2n) is 6.71. The fourth-order valence-electron chi connectivity index (χ4n) is 3.43. The fourth-order valence-corrected chi connectivity index (χ4v) is 3.43. The third-order valence-corrected chi connectivity index (χ3v) is 4.89. The minimum atomic E-state index is -0.111. The first-order valence-electron chi connectivity index (χ1n) is 9.14. The van der Waals surface area contributed by atoms with Crippen LogP contribution >= 0.6 is 0 Å². The monoisotopic (exact) mass is 378 g/mol. The lowest BCUT2D eigenvalue weighted by Crippen LogP contribution is -2.32. The summed E-state index contributed by atoms with van der Waals surface area (Å²) >= 11 is 0. The minimum Gasteiger partial charge on any atom is -0.495 e. The third kappa shape index (κ3) is 3.53. The lowest BCUT2D eigenvalue weighted by Gasteiger charge is -2.21. The summed E-state index contributed by atoms with van der Waals surface area (Å²) in [5.41, 5.74) is 2.05. The molecular formula is C20H22N6O2. The Morgan fingerprint density at radius 2 is 2.07 bits per heavy atom. The van der Waals surface area contributed by atoms with Crippen LogP contribution in [0.4, 0.5) is 11.6 Å². The molecule has 0 amide bonds. The highest BCUT2D eigenvalue weighted by atomic mass is 16.5. The maximum Gasteiger partial charge on any atom is 0.255 e. The molecule has 0 radical (unpaired) electrons. The Bertz CT molecular complexity index is 1020. The summed E-state index contributed by atoms with van der Waals surface area (Å²) in [7, 11) is 3.41. The predicted octanol–water partition coefficient (Wildman–Crippen LogP) is 1.94. The van der Waals surface area contributed by atoms with E-state index < -0.39 is 0 Å².